The van der Waals surface area contributed by atoms with Crippen LogP contribution < -0.4 is 30.6 Å². The van der Waals surface area contributed by atoms with E-state index in [0.29, 0.717) is 99.3 Å². The summed E-state index contributed by atoms with van der Waals surface area (Å²) < 4.78 is 77.2. The number of piperazine rings is 1. The number of aromatic amines is 2. The molecule has 6 aromatic heterocycles. The van der Waals surface area contributed by atoms with Gasteiger partial charge in [-0.1, -0.05) is 107 Å². The van der Waals surface area contributed by atoms with Crippen molar-refractivity contribution in [2.75, 3.05) is 152 Å². The van der Waals surface area contributed by atoms with Crippen LogP contribution in [0.2, 0.25) is 20.1 Å². The summed E-state index contributed by atoms with van der Waals surface area (Å²) in [6.07, 6.45) is 14.8. The number of aryl methyl sites for hydroxylation is 2. The molecule has 4 amide bonds. The zero-order valence-corrected chi connectivity index (χ0v) is 83.5. The van der Waals surface area contributed by atoms with Crippen LogP contribution in [0.3, 0.4) is 0 Å². The first-order valence-electron chi connectivity index (χ1n) is 48.1. The molecule has 4 atom stereocenters. The number of carbonyl (C=O) groups excluding carboxylic acids is 4. The number of ether oxygens (including phenoxy) is 8. The number of imidazole rings is 2. The van der Waals surface area contributed by atoms with Crippen molar-refractivity contribution >= 4 is 114 Å². The summed E-state index contributed by atoms with van der Waals surface area (Å²) in [5, 5.41) is 6.81. The molecule has 5 aliphatic rings. The number of aromatic nitrogens is 8. The molecule has 0 spiro atoms. The molecular formula is C108H117Cl4F2N17O12. The molecule has 1 saturated heterocycles. The average molecular weight is 2030 g/mol. The Morgan fingerprint density at radius 1 is 0.448 bits per heavy atom. The highest BCUT2D eigenvalue weighted by atomic mass is 35.5. The van der Waals surface area contributed by atoms with Gasteiger partial charge in [-0.05, 0) is 263 Å². The second-order valence-corrected chi connectivity index (χ2v) is 37.7. The number of hydrogen-bond donors (Lipinski definition) is 4. The highest BCUT2D eigenvalue weighted by Crippen LogP contribution is 2.47. The van der Waals surface area contributed by atoms with Gasteiger partial charge in [0.15, 0.2) is 0 Å². The van der Waals surface area contributed by atoms with Gasteiger partial charge in [-0.2, -0.15) is 0 Å². The Balaban J connectivity index is 0.000000131. The fourth-order valence-electron chi connectivity index (χ4n) is 19.9. The van der Waals surface area contributed by atoms with E-state index in [4.69, 9.17) is 96.0 Å². The van der Waals surface area contributed by atoms with Crippen molar-refractivity contribution in [3.8, 4) is 23.0 Å². The molecule has 35 heteroatoms. The second kappa shape index (κ2) is 47.1. The smallest absolute Gasteiger partial charge is 0.416 e. The molecule has 4 unspecified atom stereocenters. The number of alkyl halides is 1. The lowest BCUT2D eigenvalue weighted by Crippen LogP contribution is -2.46. The minimum Gasteiger partial charge on any atom is -0.494 e. The largest absolute Gasteiger partial charge is 0.494 e. The van der Waals surface area contributed by atoms with Gasteiger partial charge in [-0.25, -0.2) is 37.9 Å². The molecule has 5 aliphatic heterocycles. The Morgan fingerprint density at radius 3 is 1.36 bits per heavy atom. The Morgan fingerprint density at radius 2 is 0.888 bits per heavy atom. The lowest BCUT2D eigenvalue weighted by atomic mass is 9.92. The van der Waals surface area contributed by atoms with E-state index in [1.807, 2.05) is 173 Å². The number of fused-ring (bicyclic) bond motifs is 12. The third-order valence-corrected chi connectivity index (χ3v) is 27.5. The molecule has 9 aromatic carbocycles. The Kier molecular flexibility index (Phi) is 33.3. The summed E-state index contributed by atoms with van der Waals surface area (Å²) in [5.74, 6) is 15.2. The lowest BCUT2D eigenvalue weighted by Gasteiger charge is -2.36. The zero-order valence-electron chi connectivity index (χ0n) is 80.5. The number of nitrogen functional groups attached to an aromatic ring is 2. The van der Waals surface area contributed by atoms with E-state index < -0.39 is 42.9 Å². The highest BCUT2D eigenvalue weighted by Gasteiger charge is 2.42. The van der Waals surface area contributed by atoms with E-state index in [9.17, 15) is 28.0 Å². The molecular weight excluding hydrogens is 1910 g/mol. The fourth-order valence-corrected chi connectivity index (χ4v) is 20.5. The first-order valence-corrected chi connectivity index (χ1v) is 49.6. The molecule has 143 heavy (non-hydrogen) atoms. The number of nitrogens with one attached hydrogen (secondary N) is 2. The van der Waals surface area contributed by atoms with E-state index in [0.717, 1.165) is 193 Å². The van der Waals surface area contributed by atoms with Crippen molar-refractivity contribution in [3.63, 3.8) is 0 Å². The van der Waals surface area contributed by atoms with Gasteiger partial charge in [0.1, 0.15) is 72.9 Å². The summed E-state index contributed by atoms with van der Waals surface area (Å²) >= 11 is 25.2. The van der Waals surface area contributed by atoms with Crippen molar-refractivity contribution in [2.24, 2.45) is 0 Å². The molecule has 0 radical (unpaired) electrons. The Labute approximate surface area is 848 Å². The first kappa shape index (κ1) is 101. The van der Waals surface area contributed by atoms with E-state index in [1.165, 1.54) is 55.5 Å². The number of methoxy groups -OCH3 is 2. The lowest BCUT2D eigenvalue weighted by molar-refractivity contribution is 0.0832. The van der Waals surface area contributed by atoms with Gasteiger partial charge in [0, 0.05) is 168 Å². The van der Waals surface area contributed by atoms with Gasteiger partial charge in [-0.15, -0.1) is 0 Å². The van der Waals surface area contributed by atoms with Crippen LogP contribution in [-0.2, 0) is 64.3 Å². The number of nitrogens with two attached hydrogens (primary N) is 2. The number of rotatable bonds is 28. The van der Waals surface area contributed by atoms with Crippen LogP contribution >= 0.6 is 46.4 Å². The quantitative estimate of drug-likeness (QED) is 0.0201. The maximum absolute atomic E-state index is 13.3. The van der Waals surface area contributed by atoms with Gasteiger partial charge < -0.3 is 78.5 Å². The number of halogens is 6. The first-order chi connectivity index (χ1) is 69.6. The number of carbonyl (C=O) groups is 4. The minimum absolute atomic E-state index is 0.225. The number of benzene rings is 9. The third-order valence-electron chi connectivity index (χ3n) is 26.6. The monoisotopic (exact) mass is 2020 g/mol. The van der Waals surface area contributed by atoms with Gasteiger partial charge in [0.05, 0.1) is 68.6 Å². The van der Waals surface area contributed by atoms with Crippen LogP contribution in [0, 0.1) is 5.82 Å². The van der Waals surface area contributed by atoms with Crippen LogP contribution in [-0.4, -0.2) is 237 Å². The Hall–Kier alpha value is -13.5. The number of H-pyrrole nitrogens is 2. The van der Waals surface area contributed by atoms with E-state index in [-0.39, 0.29) is 30.5 Å². The second-order valence-electron chi connectivity index (χ2n) is 36.0. The van der Waals surface area contributed by atoms with E-state index >= 15 is 0 Å². The minimum atomic E-state index is -0.738. The van der Waals surface area contributed by atoms with Gasteiger partial charge >= 0.3 is 24.4 Å². The maximum Gasteiger partial charge on any atom is 0.416 e. The predicted molar refractivity (Wildman–Crippen MR) is 552 cm³/mol. The molecule has 0 saturated carbocycles. The molecule has 29 nitrogen and oxygen atoms in total. The summed E-state index contributed by atoms with van der Waals surface area (Å²) in [5.41, 5.74) is 16.9. The van der Waals surface area contributed by atoms with Crippen LogP contribution in [0.15, 0.2) is 232 Å². The number of hydrogen-bond acceptors (Lipinski definition) is 19. The molecule has 748 valence electrons. The van der Waals surface area contributed by atoms with Crippen molar-refractivity contribution < 1.29 is 65.9 Å². The predicted octanol–water partition coefficient (Wildman–Crippen LogP) is 20.2. The summed E-state index contributed by atoms with van der Waals surface area (Å²) in [6, 6.07) is 58.6. The topological polar surface area (TPSA) is 294 Å². The number of nitrogens with zero attached hydrogens (tertiary/aromatic N) is 13. The van der Waals surface area contributed by atoms with Crippen molar-refractivity contribution in [3.05, 3.63) is 330 Å². The number of amides is 4. The maximum atomic E-state index is 13.3. The van der Waals surface area contributed by atoms with Crippen LogP contribution in [0.25, 0.3) is 43.6 Å². The standard InChI is InChI=1S/C30H40ClN5O2.C27H24ClFN2O4.C26H27ClFN5O3.C25H26ClN5O3/c1-4-38-30(37)36-14-11-25-26-20-24(31)9-10-27(26)32-28(25)29(36)23-8-5-7-22(19-23)21-35-17-15-34(16-18-35)13-6-12-33(2)3;1-33-14-15-34-20-7-2-17(3-8-20)26-25-22(23-16-18(28)4-11-24(23)30-25)12-13-31(26)27(32)35-21-9-5-19(29)6-10-21;27-19-4-7-23-22(16-19)21-8-12-32(26(34)36-15-9-28)24(25(21)33(23)29)18-2-5-20(6-3-18)35-14-1-11-31-13-10-30-17-31;1-33-25(32)30-12-9-20-21-15-18(26)5-8-22(21)31(27)24(20)23(30)17-3-6-19(7-4-17)34-14-2-11-29-13-10-28-16-29/h5,7-10,19-20,29,32H,4,6,11-18,21H2,1-3H3;2-11,16,26,30H,12-15H2,1H3;2-7,10,13,16-17,24H,1,8-9,11-12,14-15,29H2;3-8,10,13,15-16,23H,2,9,11-12,14,27H2,1H3. The van der Waals surface area contributed by atoms with Gasteiger partial charge in [0.25, 0.3) is 0 Å². The fraction of sp³-hybridized carbons (Fsp3) is 0.333. The average Bonchev–Trinajstić information content (AvgIpc) is 1.58. The zero-order chi connectivity index (χ0) is 99.7. The molecule has 6 N–H and O–H groups in total. The van der Waals surface area contributed by atoms with Crippen molar-refractivity contribution in [2.45, 2.75) is 95.7 Å². The van der Waals surface area contributed by atoms with Crippen LogP contribution in [0.1, 0.15) is 123 Å². The third kappa shape index (κ3) is 23.7. The Bertz CT molecular complexity index is 6860. The summed E-state index contributed by atoms with van der Waals surface area (Å²) in [6.45, 7) is 14.6. The SMILES string of the molecule is CCOC(=O)N1CCc2c([nH]c3ccc(Cl)cc23)C1c1cccc(CN2CCN(CCCN(C)C)CC2)c1.COC(=O)N1CCc2c(n(N)c3ccc(Cl)cc23)C1c1ccc(OCCCn2ccnc2)cc1.COCCOc1ccc(C2c3[nH]c4ccc(Cl)cc4c3CCN2C(=O)Oc2ccc(F)cc2)cc1.Nn1c2c(c3cc(Cl)ccc31)CCN(C(=O)OCCF)C2c1ccc(OCCCn2ccnc2)cc1. The van der Waals surface area contributed by atoms with Gasteiger partial charge in [0.2, 0.25) is 0 Å². The normalized spacial score (nSPS) is 16.2. The molecule has 0 bridgehead atoms. The van der Waals surface area contributed by atoms with Crippen molar-refractivity contribution in [1.29, 1.82) is 0 Å². The van der Waals surface area contributed by atoms with E-state index in [2.05, 4.69) is 73.0 Å². The van der Waals surface area contributed by atoms with E-state index in [1.54, 1.807) is 62.3 Å². The van der Waals surface area contributed by atoms with Gasteiger partial charge in [-0.3, -0.25) is 33.9 Å². The highest BCUT2D eigenvalue weighted by molar-refractivity contribution is 6.32. The van der Waals surface area contributed by atoms with Crippen LogP contribution in [0.4, 0.5) is 28.0 Å². The summed E-state index contributed by atoms with van der Waals surface area (Å²) in [7, 11) is 7.30. The van der Waals surface area contributed by atoms with Crippen LogP contribution in [0.5, 0.6) is 23.0 Å². The van der Waals surface area contributed by atoms with Crippen molar-refractivity contribution in [1.82, 2.24) is 72.7 Å². The summed E-state index contributed by atoms with van der Waals surface area (Å²) in [4.78, 5) is 81.4. The molecule has 20 rings (SSSR count). The molecule has 15 aromatic rings. The molecule has 0 aliphatic carbocycles. The molecule has 1 fully saturated rings. The molecule has 11 heterocycles.